The van der Waals surface area contributed by atoms with Crippen LogP contribution in [0, 0.1) is 0 Å². The van der Waals surface area contributed by atoms with Crippen LogP contribution < -0.4 is 19.8 Å². The van der Waals surface area contributed by atoms with Crippen molar-refractivity contribution in [3.05, 3.63) is 113 Å². The minimum atomic E-state index is -1.07. The Hall–Kier alpha value is -3.99. The van der Waals surface area contributed by atoms with E-state index in [1.54, 1.807) is 12.1 Å². The molecule has 0 unspecified atom stereocenters. The highest BCUT2D eigenvalue weighted by atomic mass is 16.7. The predicted octanol–water partition coefficient (Wildman–Crippen LogP) is 5.52. The zero-order chi connectivity index (χ0) is 21.7. The summed E-state index contributed by atoms with van der Waals surface area (Å²) in [5.41, 5.74) is 2.48. The first-order valence-electron chi connectivity index (χ1n) is 10.6. The molecule has 158 valence electrons. The third-order valence-electron chi connectivity index (χ3n) is 6.12. The van der Waals surface area contributed by atoms with E-state index < -0.39 is 5.79 Å². The Bertz CT molecular complexity index is 1400. The summed E-state index contributed by atoms with van der Waals surface area (Å²) in [5, 5.41) is 0.755. The molecule has 2 aliphatic heterocycles. The Kier molecular flexibility index (Phi) is 4.12. The molecule has 6 rings (SSSR count). The van der Waals surface area contributed by atoms with Gasteiger partial charge in [-0.25, -0.2) is 4.79 Å². The van der Waals surface area contributed by atoms with E-state index in [0.29, 0.717) is 35.7 Å². The van der Waals surface area contributed by atoms with Crippen LogP contribution in [0.2, 0.25) is 0 Å². The number of para-hydroxylation sites is 2. The van der Waals surface area contributed by atoms with Gasteiger partial charge in [-0.3, -0.25) is 0 Å². The molecule has 5 heteroatoms. The van der Waals surface area contributed by atoms with Gasteiger partial charge in [-0.2, -0.15) is 0 Å². The quantitative estimate of drug-likeness (QED) is 0.319. The highest BCUT2D eigenvalue weighted by Gasteiger charge is 2.51. The summed E-state index contributed by atoms with van der Waals surface area (Å²) in [5.74, 6) is 0.685. The van der Waals surface area contributed by atoms with Gasteiger partial charge in [0.1, 0.15) is 29.4 Å². The number of rotatable bonds is 4. The van der Waals surface area contributed by atoms with E-state index in [1.807, 2.05) is 66.7 Å². The molecule has 2 atom stereocenters. The van der Waals surface area contributed by atoms with Crippen LogP contribution in [0.3, 0.4) is 0 Å². The molecule has 0 saturated heterocycles. The number of hydrogen-bond donors (Lipinski definition) is 0. The Balaban J connectivity index is 1.57. The van der Waals surface area contributed by atoms with E-state index in [2.05, 4.69) is 6.58 Å². The second-order valence-electron chi connectivity index (χ2n) is 8.00. The maximum absolute atomic E-state index is 13.1. The molecule has 0 radical (unpaired) electrons. The molecule has 0 spiro atoms. The average molecular weight is 424 g/mol. The molecule has 2 aliphatic rings. The number of fused-ring (bicyclic) bond motifs is 8. The molecule has 0 saturated carbocycles. The molecular formula is C27H20O5. The summed E-state index contributed by atoms with van der Waals surface area (Å²) in [6, 6.07) is 22.9. The maximum Gasteiger partial charge on any atom is 0.343 e. The highest BCUT2D eigenvalue weighted by molar-refractivity contribution is 5.85. The molecule has 4 aromatic rings. The Labute approximate surface area is 184 Å². The van der Waals surface area contributed by atoms with Crippen molar-refractivity contribution in [3.63, 3.8) is 0 Å². The number of hydrogen-bond acceptors (Lipinski definition) is 5. The summed E-state index contributed by atoms with van der Waals surface area (Å²) < 4.78 is 24.4. The van der Waals surface area contributed by atoms with Gasteiger partial charge in [-0.15, -0.1) is 0 Å². The lowest BCUT2D eigenvalue weighted by atomic mass is 9.78. The third kappa shape index (κ3) is 2.74. The summed E-state index contributed by atoms with van der Waals surface area (Å²) in [6.45, 7) is 4.12. The summed E-state index contributed by atoms with van der Waals surface area (Å²) in [4.78, 5) is 13.1. The molecule has 0 amide bonds. The van der Waals surface area contributed by atoms with E-state index in [0.717, 1.165) is 22.3 Å². The Morgan fingerprint density at radius 2 is 1.78 bits per heavy atom. The first-order chi connectivity index (χ1) is 15.7. The van der Waals surface area contributed by atoms with Gasteiger partial charge in [0.05, 0.1) is 10.9 Å². The minimum Gasteiger partial charge on any atom is -0.490 e. The summed E-state index contributed by atoms with van der Waals surface area (Å²) in [6.07, 6.45) is 2.17. The van der Waals surface area contributed by atoms with E-state index >= 15 is 0 Å². The minimum absolute atomic E-state index is 0.207. The first-order valence-corrected chi connectivity index (χ1v) is 10.6. The van der Waals surface area contributed by atoms with Gasteiger partial charge < -0.3 is 18.6 Å². The molecule has 2 bridgehead atoms. The van der Waals surface area contributed by atoms with E-state index in [4.69, 9.17) is 18.6 Å². The monoisotopic (exact) mass is 424 g/mol. The standard InChI is InChI=1S/C27H20O5/c1-2-15-29-18-13-11-17(12-14-18)27-16-21(19-7-3-6-10-23(19)31-27)24-25(32-27)20-8-4-5-9-22(20)30-26(24)28/h2-14,21H,1,15-16H2/t21-,27-/m0/s1. The molecule has 5 nitrogen and oxygen atoms in total. The van der Waals surface area contributed by atoms with Crippen molar-refractivity contribution in [2.45, 2.75) is 18.1 Å². The molecule has 32 heavy (non-hydrogen) atoms. The molecule has 3 aromatic carbocycles. The van der Waals surface area contributed by atoms with Crippen molar-refractivity contribution < 1.29 is 18.6 Å². The lowest BCUT2D eigenvalue weighted by Gasteiger charge is -2.46. The van der Waals surface area contributed by atoms with Crippen LogP contribution in [-0.4, -0.2) is 6.61 Å². The van der Waals surface area contributed by atoms with Crippen molar-refractivity contribution in [1.29, 1.82) is 0 Å². The van der Waals surface area contributed by atoms with Crippen molar-refractivity contribution in [2.24, 2.45) is 0 Å². The normalized spacial score (nSPS) is 20.4. The van der Waals surface area contributed by atoms with Crippen molar-refractivity contribution in [3.8, 4) is 17.2 Å². The highest BCUT2D eigenvalue weighted by Crippen LogP contribution is 2.55. The van der Waals surface area contributed by atoms with Gasteiger partial charge in [0, 0.05) is 23.5 Å². The zero-order valence-electron chi connectivity index (χ0n) is 17.2. The van der Waals surface area contributed by atoms with Crippen molar-refractivity contribution >= 4 is 11.0 Å². The first kappa shape index (κ1) is 18.8. The zero-order valence-corrected chi connectivity index (χ0v) is 17.2. The molecular weight excluding hydrogens is 404 g/mol. The second-order valence-corrected chi connectivity index (χ2v) is 8.00. The lowest BCUT2D eigenvalue weighted by molar-refractivity contribution is -0.148. The number of ether oxygens (including phenoxy) is 3. The Morgan fingerprint density at radius 1 is 1.00 bits per heavy atom. The maximum atomic E-state index is 13.1. The molecule has 0 N–H and O–H groups in total. The van der Waals surface area contributed by atoms with Crippen molar-refractivity contribution in [1.82, 2.24) is 0 Å². The fourth-order valence-electron chi connectivity index (χ4n) is 4.69. The Morgan fingerprint density at radius 3 is 2.62 bits per heavy atom. The summed E-state index contributed by atoms with van der Waals surface area (Å²) in [7, 11) is 0. The van der Waals surface area contributed by atoms with Gasteiger partial charge >= 0.3 is 5.63 Å². The van der Waals surface area contributed by atoms with Gasteiger partial charge in [-0.05, 0) is 42.5 Å². The second kappa shape index (κ2) is 7.02. The van der Waals surface area contributed by atoms with Gasteiger partial charge in [0.25, 0.3) is 5.79 Å². The van der Waals surface area contributed by atoms with Crippen LogP contribution in [0.15, 0.2) is 94.7 Å². The van der Waals surface area contributed by atoms with Crippen LogP contribution in [-0.2, 0) is 5.79 Å². The fraction of sp³-hybridized carbons (Fsp3) is 0.148. The average Bonchev–Trinajstić information content (AvgIpc) is 2.83. The SMILES string of the molecule is C=CCOc1ccc([C@@]23C[C@@H](c4ccccc4O2)c2c(c4ccccc4oc2=O)O3)cc1. The molecule has 0 fully saturated rings. The van der Waals surface area contributed by atoms with Crippen LogP contribution in [0.25, 0.3) is 11.0 Å². The lowest BCUT2D eigenvalue weighted by Crippen LogP contribution is -2.48. The fourth-order valence-corrected chi connectivity index (χ4v) is 4.69. The van der Waals surface area contributed by atoms with Crippen LogP contribution in [0.1, 0.15) is 29.0 Å². The van der Waals surface area contributed by atoms with Gasteiger partial charge in [-0.1, -0.05) is 43.0 Å². The largest absolute Gasteiger partial charge is 0.490 e. The smallest absolute Gasteiger partial charge is 0.343 e. The molecule has 0 aliphatic carbocycles. The number of benzene rings is 3. The predicted molar refractivity (Wildman–Crippen MR) is 120 cm³/mol. The van der Waals surface area contributed by atoms with Gasteiger partial charge in [0.2, 0.25) is 0 Å². The molecule has 1 aromatic heterocycles. The van der Waals surface area contributed by atoms with Crippen LogP contribution in [0.5, 0.6) is 17.2 Å². The van der Waals surface area contributed by atoms with E-state index in [9.17, 15) is 4.79 Å². The molecule has 3 heterocycles. The summed E-state index contributed by atoms with van der Waals surface area (Å²) >= 11 is 0. The topological polar surface area (TPSA) is 57.9 Å². The van der Waals surface area contributed by atoms with Crippen molar-refractivity contribution in [2.75, 3.05) is 6.61 Å². The third-order valence-corrected chi connectivity index (χ3v) is 6.12. The van der Waals surface area contributed by atoms with Crippen LogP contribution in [0.4, 0.5) is 0 Å². The van der Waals surface area contributed by atoms with Gasteiger partial charge in [0.15, 0.2) is 0 Å². The van der Waals surface area contributed by atoms with Crippen LogP contribution >= 0.6 is 0 Å². The van der Waals surface area contributed by atoms with E-state index in [1.165, 1.54) is 0 Å². The van der Waals surface area contributed by atoms with E-state index in [-0.39, 0.29) is 11.5 Å².